The molecule has 0 radical (unpaired) electrons. The summed E-state index contributed by atoms with van der Waals surface area (Å²) < 4.78 is 5.23. The molecule has 0 saturated heterocycles. The van der Waals surface area contributed by atoms with Crippen molar-refractivity contribution in [1.29, 1.82) is 0 Å². The third kappa shape index (κ3) is 2.77. The molecule has 21 heavy (non-hydrogen) atoms. The predicted octanol–water partition coefficient (Wildman–Crippen LogP) is 2.20. The largest absolute Gasteiger partial charge is 0.497 e. The van der Waals surface area contributed by atoms with Gasteiger partial charge in [0.05, 0.1) is 7.11 Å². The van der Waals surface area contributed by atoms with Gasteiger partial charge in [-0.1, -0.05) is 42.5 Å². The lowest BCUT2D eigenvalue weighted by atomic mass is 9.80. The first kappa shape index (κ1) is 13.7. The Labute approximate surface area is 123 Å². The summed E-state index contributed by atoms with van der Waals surface area (Å²) in [7, 11) is 0.232. The van der Waals surface area contributed by atoms with Crippen LogP contribution < -0.4 is 10.2 Å². The van der Waals surface area contributed by atoms with Crippen LogP contribution in [0.15, 0.2) is 60.7 Å². The van der Waals surface area contributed by atoms with Gasteiger partial charge < -0.3 is 14.8 Å². The fraction of sp³-hybridized carbons (Fsp3) is 0.0588. The Bertz CT molecular complexity index is 767. The summed E-state index contributed by atoms with van der Waals surface area (Å²) in [6, 6.07) is 19.4. The van der Waals surface area contributed by atoms with Gasteiger partial charge in [0.25, 0.3) is 0 Å². The second-order valence-electron chi connectivity index (χ2n) is 4.92. The molecule has 3 aromatic carbocycles. The molecule has 0 saturated carbocycles. The minimum atomic E-state index is -1.43. The fourth-order valence-corrected chi connectivity index (χ4v) is 2.38. The number of ether oxygens (including phenoxy) is 1. The van der Waals surface area contributed by atoms with Gasteiger partial charge in [0.2, 0.25) is 0 Å². The molecule has 2 N–H and O–H groups in total. The van der Waals surface area contributed by atoms with Crippen molar-refractivity contribution in [3.8, 4) is 16.9 Å². The van der Waals surface area contributed by atoms with Crippen LogP contribution in [0.5, 0.6) is 5.75 Å². The van der Waals surface area contributed by atoms with Crippen molar-refractivity contribution in [2.24, 2.45) is 0 Å². The van der Waals surface area contributed by atoms with Crippen LogP contribution in [0.3, 0.4) is 0 Å². The van der Waals surface area contributed by atoms with Crippen molar-refractivity contribution in [2.75, 3.05) is 7.11 Å². The summed E-state index contributed by atoms with van der Waals surface area (Å²) in [5.41, 5.74) is 2.62. The van der Waals surface area contributed by atoms with Crippen LogP contribution in [0.2, 0.25) is 0 Å². The number of benzene rings is 3. The van der Waals surface area contributed by atoms with Gasteiger partial charge >= 0.3 is 7.12 Å². The van der Waals surface area contributed by atoms with Gasteiger partial charge in [-0.25, -0.2) is 0 Å². The molecular weight excluding hydrogens is 263 g/mol. The summed E-state index contributed by atoms with van der Waals surface area (Å²) in [5, 5.41) is 20.5. The summed E-state index contributed by atoms with van der Waals surface area (Å²) in [4.78, 5) is 0. The maximum absolute atomic E-state index is 9.12. The SMILES string of the molecule is COc1ccc2cc(-c3ccc(B(O)O)cc3)ccc2c1. The fourth-order valence-electron chi connectivity index (χ4n) is 2.38. The molecule has 0 aliphatic carbocycles. The van der Waals surface area contributed by atoms with Gasteiger partial charge in [-0.15, -0.1) is 0 Å². The summed E-state index contributed by atoms with van der Waals surface area (Å²) in [6.07, 6.45) is 0. The Hall–Kier alpha value is -2.30. The Morgan fingerprint density at radius 3 is 2.05 bits per heavy atom. The third-order valence-electron chi connectivity index (χ3n) is 3.59. The van der Waals surface area contributed by atoms with E-state index in [0.29, 0.717) is 5.46 Å². The van der Waals surface area contributed by atoms with Gasteiger partial charge in [-0.2, -0.15) is 0 Å². The molecule has 0 bridgehead atoms. The van der Waals surface area contributed by atoms with Crippen LogP contribution in [0, 0.1) is 0 Å². The molecule has 4 heteroatoms. The molecule has 104 valence electrons. The number of hydrogen-bond donors (Lipinski definition) is 2. The number of rotatable bonds is 3. The first-order chi connectivity index (χ1) is 10.2. The van der Waals surface area contributed by atoms with E-state index in [9.17, 15) is 0 Å². The summed E-state index contributed by atoms with van der Waals surface area (Å²) in [6.45, 7) is 0. The van der Waals surface area contributed by atoms with Crippen LogP contribution in [-0.2, 0) is 0 Å². The molecule has 3 nitrogen and oxygen atoms in total. The molecule has 0 fully saturated rings. The third-order valence-corrected chi connectivity index (χ3v) is 3.59. The highest BCUT2D eigenvalue weighted by Gasteiger charge is 2.10. The average Bonchev–Trinajstić information content (AvgIpc) is 2.54. The maximum Gasteiger partial charge on any atom is 0.488 e. The van der Waals surface area contributed by atoms with Crippen molar-refractivity contribution in [2.45, 2.75) is 0 Å². The molecule has 3 aromatic rings. The lowest BCUT2D eigenvalue weighted by molar-refractivity contribution is 0.415. The first-order valence-corrected chi connectivity index (χ1v) is 6.71. The van der Waals surface area contributed by atoms with E-state index in [1.54, 1.807) is 19.2 Å². The zero-order valence-corrected chi connectivity index (χ0v) is 11.7. The minimum Gasteiger partial charge on any atom is -0.497 e. The van der Waals surface area contributed by atoms with Crippen molar-refractivity contribution < 1.29 is 14.8 Å². The van der Waals surface area contributed by atoms with E-state index >= 15 is 0 Å². The van der Waals surface area contributed by atoms with Gasteiger partial charge in [-0.3, -0.25) is 0 Å². The smallest absolute Gasteiger partial charge is 0.488 e. The van der Waals surface area contributed by atoms with E-state index < -0.39 is 7.12 Å². The lowest BCUT2D eigenvalue weighted by Gasteiger charge is -2.07. The van der Waals surface area contributed by atoms with Crippen LogP contribution in [0.25, 0.3) is 21.9 Å². The van der Waals surface area contributed by atoms with Crippen molar-refractivity contribution in [3.05, 3.63) is 60.7 Å². The summed E-state index contributed by atoms with van der Waals surface area (Å²) >= 11 is 0. The van der Waals surface area contributed by atoms with Crippen LogP contribution in [-0.4, -0.2) is 24.3 Å². The monoisotopic (exact) mass is 278 g/mol. The Morgan fingerprint density at radius 2 is 1.38 bits per heavy atom. The van der Waals surface area contributed by atoms with E-state index in [1.165, 1.54) is 0 Å². The molecular formula is C17H15BO3. The standard InChI is InChI=1S/C17H15BO3/c1-21-17-9-6-14-10-13(2-3-15(14)11-17)12-4-7-16(8-5-12)18(19)20/h2-11,19-20H,1H3. The highest BCUT2D eigenvalue weighted by molar-refractivity contribution is 6.58. The first-order valence-electron chi connectivity index (χ1n) is 6.71. The molecule has 3 rings (SSSR count). The van der Waals surface area contributed by atoms with Gasteiger partial charge in [0.15, 0.2) is 0 Å². The van der Waals surface area contributed by atoms with Crippen molar-refractivity contribution in [3.63, 3.8) is 0 Å². The van der Waals surface area contributed by atoms with E-state index in [-0.39, 0.29) is 0 Å². The predicted molar refractivity (Wildman–Crippen MR) is 85.8 cm³/mol. The average molecular weight is 278 g/mol. The van der Waals surface area contributed by atoms with Crippen LogP contribution in [0.4, 0.5) is 0 Å². The van der Waals surface area contributed by atoms with Gasteiger partial charge in [0, 0.05) is 0 Å². The number of hydrogen-bond acceptors (Lipinski definition) is 3. The quantitative estimate of drug-likeness (QED) is 0.722. The van der Waals surface area contributed by atoms with Crippen LogP contribution >= 0.6 is 0 Å². The normalized spacial score (nSPS) is 10.6. The second-order valence-corrected chi connectivity index (χ2v) is 4.92. The van der Waals surface area contributed by atoms with Gasteiger partial charge in [-0.05, 0) is 45.6 Å². The molecule has 0 aliphatic heterocycles. The van der Waals surface area contributed by atoms with E-state index in [1.807, 2.05) is 36.4 Å². The second kappa shape index (κ2) is 5.60. The highest BCUT2D eigenvalue weighted by Crippen LogP contribution is 2.26. The van der Waals surface area contributed by atoms with E-state index in [0.717, 1.165) is 27.6 Å². The molecule has 0 aliphatic rings. The Morgan fingerprint density at radius 1 is 0.762 bits per heavy atom. The number of methoxy groups -OCH3 is 1. The Kier molecular flexibility index (Phi) is 3.65. The molecule has 0 heterocycles. The Balaban J connectivity index is 2.00. The number of fused-ring (bicyclic) bond motifs is 1. The lowest BCUT2D eigenvalue weighted by Crippen LogP contribution is -2.29. The minimum absolute atomic E-state index is 0.490. The molecule has 0 unspecified atom stereocenters. The van der Waals surface area contributed by atoms with Gasteiger partial charge in [0.1, 0.15) is 5.75 Å². The topological polar surface area (TPSA) is 49.7 Å². The van der Waals surface area contributed by atoms with E-state index in [4.69, 9.17) is 14.8 Å². The molecule has 0 spiro atoms. The summed E-state index contributed by atoms with van der Waals surface area (Å²) in [5.74, 6) is 0.844. The van der Waals surface area contributed by atoms with Crippen molar-refractivity contribution in [1.82, 2.24) is 0 Å². The van der Waals surface area contributed by atoms with Crippen LogP contribution in [0.1, 0.15) is 0 Å². The zero-order chi connectivity index (χ0) is 14.8. The van der Waals surface area contributed by atoms with Crippen molar-refractivity contribution >= 4 is 23.4 Å². The molecule has 0 atom stereocenters. The highest BCUT2D eigenvalue weighted by atomic mass is 16.5. The van der Waals surface area contributed by atoms with E-state index in [2.05, 4.69) is 12.1 Å². The zero-order valence-electron chi connectivity index (χ0n) is 11.7. The molecule has 0 amide bonds. The maximum atomic E-state index is 9.12. The molecule has 0 aromatic heterocycles.